The van der Waals surface area contributed by atoms with Gasteiger partial charge >= 0.3 is 0 Å². The van der Waals surface area contributed by atoms with Gasteiger partial charge in [0.2, 0.25) is 10.0 Å². The lowest BCUT2D eigenvalue weighted by atomic mass is 9.88. The molecule has 1 aliphatic rings. The van der Waals surface area contributed by atoms with Crippen LogP contribution in [0.2, 0.25) is 0 Å². The number of nitrogens with one attached hydrogen (secondary N) is 1. The number of benzene rings is 1. The van der Waals surface area contributed by atoms with E-state index in [1.807, 2.05) is 36.7 Å². The first-order valence-electron chi connectivity index (χ1n) is 11.3. The Bertz CT molecular complexity index is 1510. The molecule has 3 aromatic heterocycles. The summed E-state index contributed by atoms with van der Waals surface area (Å²) < 4.78 is 34.4. The van der Waals surface area contributed by atoms with Crippen molar-refractivity contribution in [3.05, 3.63) is 43.0 Å². The summed E-state index contributed by atoms with van der Waals surface area (Å²) in [5, 5.41) is 11.5. The minimum absolute atomic E-state index is 0.0364. The molecule has 1 fully saturated rings. The van der Waals surface area contributed by atoms with Crippen molar-refractivity contribution in [2.75, 3.05) is 25.4 Å². The van der Waals surface area contributed by atoms with E-state index in [1.54, 1.807) is 6.92 Å². The highest BCUT2D eigenvalue weighted by Gasteiger charge is 2.49. The maximum atomic E-state index is 12.5. The fraction of sp³-hybridized carbons (Fsp3) is 0.375. The normalized spacial score (nSPS) is 15.9. The number of sulfonamides is 1. The van der Waals surface area contributed by atoms with E-state index in [2.05, 4.69) is 32.5 Å². The molecule has 1 aliphatic heterocycles. The summed E-state index contributed by atoms with van der Waals surface area (Å²) in [5.41, 5.74) is 2.64. The summed E-state index contributed by atoms with van der Waals surface area (Å²) in [6, 6.07) is 10.1. The van der Waals surface area contributed by atoms with Gasteiger partial charge < -0.3 is 14.3 Å². The quantitative estimate of drug-likeness (QED) is 0.413. The van der Waals surface area contributed by atoms with Gasteiger partial charge in [0.25, 0.3) is 0 Å². The van der Waals surface area contributed by atoms with Crippen molar-refractivity contribution in [3.63, 3.8) is 0 Å². The SMILES string of the molecule is CCCOc1ccc2c(-c3ncnc4[nH]ccc34)cn(C3(CC#N)CN(S(=O)(=O)CC)C3)c2c1. The van der Waals surface area contributed by atoms with Crippen molar-refractivity contribution in [3.8, 4) is 23.1 Å². The topological polar surface area (TPSA) is 117 Å². The summed E-state index contributed by atoms with van der Waals surface area (Å²) in [6.45, 7) is 4.79. The van der Waals surface area contributed by atoms with Crippen LogP contribution in [-0.4, -0.2) is 57.7 Å². The van der Waals surface area contributed by atoms with Crippen molar-refractivity contribution in [1.82, 2.24) is 23.8 Å². The first-order valence-corrected chi connectivity index (χ1v) is 12.9. The van der Waals surface area contributed by atoms with Gasteiger partial charge in [0.05, 0.1) is 41.6 Å². The molecular formula is C24H26N6O3S. The van der Waals surface area contributed by atoms with E-state index < -0.39 is 15.6 Å². The van der Waals surface area contributed by atoms with Crippen LogP contribution in [0.3, 0.4) is 0 Å². The van der Waals surface area contributed by atoms with Gasteiger partial charge in [0.15, 0.2) is 0 Å². The Morgan fingerprint density at radius 3 is 2.76 bits per heavy atom. The van der Waals surface area contributed by atoms with E-state index in [4.69, 9.17) is 4.74 Å². The Kier molecular flexibility index (Phi) is 5.54. The second-order valence-electron chi connectivity index (χ2n) is 8.63. The number of aromatic nitrogens is 4. The molecule has 10 heteroatoms. The molecule has 0 saturated carbocycles. The van der Waals surface area contributed by atoms with Crippen molar-refractivity contribution in [2.45, 2.75) is 32.2 Å². The van der Waals surface area contributed by atoms with Crippen LogP contribution in [0.4, 0.5) is 0 Å². The number of nitrogens with zero attached hydrogens (tertiary/aromatic N) is 5. The van der Waals surface area contributed by atoms with Crippen LogP contribution in [0.1, 0.15) is 26.7 Å². The van der Waals surface area contributed by atoms with E-state index in [9.17, 15) is 13.7 Å². The summed E-state index contributed by atoms with van der Waals surface area (Å²) in [4.78, 5) is 12.0. The van der Waals surface area contributed by atoms with Crippen molar-refractivity contribution >= 4 is 32.0 Å². The molecule has 9 nitrogen and oxygen atoms in total. The molecule has 4 aromatic rings. The molecular weight excluding hydrogens is 452 g/mol. The van der Waals surface area contributed by atoms with Crippen molar-refractivity contribution in [1.29, 1.82) is 5.26 Å². The zero-order valence-electron chi connectivity index (χ0n) is 19.2. The first kappa shape index (κ1) is 22.4. The lowest BCUT2D eigenvalue weighted by molar-refractivity contribution is 0.0893. The Labute approximate surface area is 198 Å². The number of nitriles is 1. The lowest BCUT2D eigenvalue weighted by Crippen LogP contribution is -2.64. The molecule has 176 valence electrons. The van der Waals surface area contributed by atoms with E-state index in [1.165, 1.54) is 10.6 Å². The predicted octanol–water partition coefficient (Wildman–Crippen LogP) is 3.64. The fourth-order valence-electron chi connectivity index (χ4n) is 4.67. The molecule has 1 saturated heterocycles. The highest BCUT2D eigenvalue weighted by atomic mass is 32.2. The summed E-state index contributed by atoms with van der Waals surface area (Å²) in [6.07, 6.45) is 6.43. The second kappa shape index (κ2) is 8.42. The maximum absolute atomic E-state index is 12.5. The van der Waals surface area contributed by atoms with Gasteiger partial charge in [-0.2, -0.15) is 9.57 Å². The van der Waals surface area contributed by atoms with Gasteiger partial charge in [-0.15, -0.1) is 0 Å². The molecule has 4 heterocycles. The number of H-pyrrole nitrogens is 1. The molecule has 0 bridgehead atoms. The third-order valence-electron chi connectivity index (χ3n) is 6.48. The number of hydrogen-bond donors (Lipinski definition) is 1. The zero-order chi connectivity index (χ0) is 23.9. The Hall–Kier alpha value is -3.42. The van der Waals surface area contributed by atoms with E-state index >= 15 is 0 Å². The minimum atomic E-state index is -3.34. The van der Waals surface area contributed by atoms with Gasteiger partial charge in [0.1, 0.15) is 17.7 Å². The van der Waals surface area contributed by atoms with E-state index in [-0.39, 0.29) is 25.3 Å². The Morgan fingerprint density at radius 1 is 1.21 bits per heavy atom. The third-order valence-corrected chi connectivity index (χ3v) is 8.25. The van der Waals surface area contributed by atoms with Crippen LogP contribution in [0.25, 0.3) is 33.2 Å². The number of hydrogen-bond acceptors (Lipinski definition) is 6. The van der Waals surface area contributed by atoms with Crippen molar-refractivity contribution < 1.29 is 13.2 Å². The molecule has 0 atom stereocenters. The Morgan fingerprint density at radius 2 is 2.03 bits per heavy atom. The van der Waals surface area contributed by atoms with Crippen LogP contribution in [0.5, 0.6) is 5.75 Å². The zero-order valence-corrected chi connectivity index (χ0v) is 20.0. The number of fused-ring (bicyclic) bond motifs is 2. The fourth-order valence-corrected chi connectivity index (χ4v) is 5.91. The number of aromatic amines is 1. The maximum Gasteiger partial charge on any atom is 0.213 e. The van der Waals surface area contributed by atoms with Gasteiger partial charge in [0, 0.05) is 47.9 Å². The average Bonchev–Trinajstić information content (AvgIpc) is 3.44. The monoisotopic (exact) mass is 478 g/mol. The standard InChI is InChI=1S/C24H26N6O3S/c1-3-11-33-17-5-6-18-20(22-19-7-10-26-23(19)28-16-27-22)13-30(21(18)12-17)24(8-9-25)14-29(15-24)34(31,32)4-2/h5-7,10,12-13,16H,3-4,8,11,14-15H2,1-2H3,(H,26,27,28). The predicted molar refractivity (Wildman–Crippen MR) is 130 cm³/mol. The number of ether oxygens (including phenoxy) is 1. The largest absolute Gasteiger partial charge is 0.494 e. The summed E-state index contributed by atoms with van der Waals surface area (Å²) >= 11 is 0. The van der Waals surface area contributed by atoms with Crippen LogP contribution >= 0.6 is 0 Å². The van der Waals surface area contributed by atoms with Crippen LogP contribution < -0.4 is 4.74 Å². The third kappa shape index (κ3) is 3.52. The van der Waals surface area contributed by atoms with Crippen LogP contribution in [0, 0.1) is 11.3 Å². The molecule has 0 aliphatic carbocycles. The lowest BCUT2D eigenvalue weighted by Gasteiger charge is -2.49. The summed E-state index contributed by atoms with van der Waals surface area (Å²) in [7, 11) is -3.34. The van der Waals surface area contributed by atoms with Gasteiger partial charge in [-0.1, -0.05) is 6.92 Å². The molecule has 0 unspecified atom stereocenters. The van der Waals surface area contributed by atoms with E-state index in [0.29, 0.717) is 6.61 Å². The average molecular weight is 479 g/mol. The number of rotatable bonds is 8. The van der Waals surface area contributed by atoms with Gasteiger partial charge in [-0.05, 0) is 31.5 Å². The Balaban J connectivity index is 1.70. The molecule has 1 N–H and O–H groups in total. The highest BCUT2D eigenvalue weighted by molar-refractivity contribution is 7.89. The van der Waals surface area contributed by atoms with Gasteiger partial charge in [-0.25, -0.2) is 18.4 Å². The molecule has 34 heavy (non-hydrogen) atoms. The molecule has 0 radical (unpaired) electrons. The molecule has 5 rings (SSSR count). The molecule has 1 aromatic carbocycles. The summed E-state index contributed by atoms with van der Waals surface area (Å²) in [5.74, 6) is 0.772. The van der Waals surface area contributed by atoms with Crippen LogP contribution in [-0.2, 0) is 15.6 Å². The highest BCUT2D eigenvalue weighted by Crippen LogP contribution is 2.42. The van der Waals surface area contributed by atoms with Gasteiger partial charge in [-0.3, -0.25) is 0 Å². The smallest absolute Gasteiger partial charge is 0.213 e. The molecule has 0 spiro atoms. The van der Waals surface area contributed by atoms with Crippen LogP contribution in [0.15, 0.2) is 43.0 Å². The second-order valence-corrected chi connectivity index (χ2v) is 10.9. The molecule has 0 amide bonds. The first-order chi connectivity index (χ1) is 16.4. The van der Waals surface area contributed by atoms with E-state index in [0.717, 1.165) is 45.4 Å². The minimum Gasteiger partial charge on any atom is -0.494 e. The van der Waals surface area contributed by atoms with Crippen molar-refractivity contribution in [2.24, 2.45) is 0 Å².